The van der Waals surface area contributed by atoms with Crippen LogP contribution in [0, 0.1) is 6.92 Å². The summed E-state index contributed by atoms with van der Waals surface area (Å²) in [7, 11) is 1.29. The Kier molecular flexibility index (Phi) is 4.54. The Morgan fingerprint density at radius 1 is 1.27 bits per heavy atom. The highest BCUT2D eigenvalue weighted by Gasteiger charge is 2.31. The first-order valence-electron chi connectivity index (χ1n) is 6.51. The monoisotopic (exact) mass is 313 g/mol. The molecule has 0 radical (unpaired) electrons. The zero-order valence-corrected chi connectivity index (χ0v) is 12.0. The molecule has 0 spiro atoms. The van der Waals surface area contributed by atoms with Gasteiger partial charge in [0.25, 0.3) is 0 Å². The zero-order chi connectivity index (χ0) is 16.3. The first-order chi connectivity index (χ1) is 10.3. The summed E-state index contributed by atoms with van der Waals surface area (Å²) in [6.07, 6.45) is -4.26. The van der Waals surface area contributed by atoms with Gasteiger partial charge in [0, 0.05) is 17.5 Å². The van der Waals surface area contributed by atoms with Gasteiger partial charge in [-0.15, -0.1) is 13.2 Å². The number of alkyl halides is 3. The Balaban J connectivity index is 2.40. The summed E-state index contributed by atoms with van der Waals surface area (Å²) < 4.78 is 45.4. The van der Waals surface area contributed by atoms with Crippen LogP contribution in [0.2, 0.25) is 0 Å². The molecule has 0 saturated carbocycles. The third kappa shape index (κ3) is 4.09. The number of esters is 1. The van der Waals surface area contributed by atoms with Crippen LogP contribution < -0.4 is 4.74 Å². The Morgan fingerprint density at radius 2 is 2.00 bits per heavy atom. The van der Waals surface area contributed by atoms with Gasteiger partial charge in [0.2, 0.25) is 0 Å². The highest BCUT2D eigenvalue weighted by Crippen LogP contribution is 2.28. The number of fused-ring (bicyclic) bond motifs is 1. The third-order valence-corrected chi connectivity index (χ3v) is 3.05. The standard InChI is InChI=1S/C15H14F3NO3/c1-9-7-10(3-6-14(20)21-2)12-8-11(22-15(16,17)18)4-5-13(12)19-9/h4-5,7-8H,3,6H2,1-2H3. The second kappa shape index (κ2) is 6.21. The summed E-state index contributed by atoms with van der Waals surface area (Å²) in [6, 6.07) is 5.70. The molecule has 7 heteroatoms. The van der Waals surface area contributed by atoms with Crippen molar-refractivity contribution < 1.29 is 27.4 Å². The summed E-state index contributed by atoms with van der Waals surface area (Å²) in [5.74, 6) is -0.699. The predicted molar refractivity (Wildman–Crippen MR) is 73.5 cm³/mol. The Bertz CT molecular complexity index is 698. The number of hydrogen-bond acceptors (Lipinski definition) is 4. The number of aryl methyl sites for hydroxylation is 2. The van der Waals surface area contributed by atoms with Crippen LogP contribution in [0.3, 0.4) is 0 Å². The van der Waals surface area contributed by atoms with Gasteiger partial charge in [-0.2, -0.15) is 0 Å². The highest BCUT2D eigenvalue weighted by molar-refractivity contribution is 5.84. The molecule has 0 N–H and O–H groups in total. The van der Waals surface area contributed by atoms with Crippen molar-refractivity contribution in [3.8, 4) is 5.75 Å². The topological polar surface area (TPSA) is 48.4 Å². The SMILES string of the molecule is COC(=O)CCc1cc(C)nc2ccc(OC(F)(F)F)cc12. The fourth-order valence-corrected chi connectivity index (χ4v) is 2.16. The van der Waals surface area contributed by atoms with Crippen molar-refractivity contribution in [1.82, 2.24) is 4.98 Å². The molecule has 118 valence electrons. The van der Waals surface area contributed by atoms with E-state index in [1.54, 1.807) is 13.0 Å². The van der Waals surface area contributed by atoms with Crippen molar-refractivity contribution in [2.45, 2.75) is 26.1 Å². The second-order valence-electron chi connectivity index (χ2n) is 4.73. The minimum absolute atomic E-state index is 0.138. The van der Waals surface area contributed by atoms with E-state index in [2.05, 4.69) is 14.5 Å². The molecule has 0 aliphatic carbocycles. The highest BCUT2D eigenvalue weighted by atomic mass is 19.4. The zero-order valence-electron chi connectivity index (χ0n) is 12.0. The van der Waals surface area contributed by atoms with Gasteiger partial charge in [0.15, 0.2) is 0 Å². The molecule has 1 aromatic carbocycles. The molecular weight excluding hydrogens is 299 g/mol. The van der Waals surface area contributed by atoms with Crippen molar-refractivity contribution in [2.24, 2.45) is 0 Å². The van der Waals surface area contributed by atoms with E-state index < -0.39 is 6.36 Å². The number of aromatic nitrogens is 1. The van der Waals surface area contributed by atoms with Gasteiger partial charge >= 0.3 is 12.3 Å². The molecule has 1 aromatic heterocycles. The van der Waals surface area contributed by atoms with Crippen LogP contribution in [0.5, 0.6) is 5.75 Å². The van der Waals surface area contributed by atoms with Gasteiger partial charge in [0.05, 0.1) is 12.6 Å². The van der Waals surface area contributed by atoms with Gasteiger partial charge in [0.1, 0.15) is 5.75 Å². The molecule has 2 aromatic rings. The lowest BCUT2D eigenvalue weighted by molar-refractivity contribution is -0.274. The van der Waals surface area contributed by atoms with Crippen molar-refractivity contribution in [1.29, 1.82) is 0 Å². The van der Waals surface area contributed by atoms with Crippen LogP contribution in [0.15, 0.2) is 24.3 Å². The number of nitrogens with zero attached hydrogens (tertiary/aromatic N) is 1. The van der Waals surface area contributed by atoms with E-state index in [1.807, 2.05) is 0 Å². The number of carbonyl (C=O) groups is 1. The number of pyridine rings is 1. The van der Waals surface area contributed by atoms with Crippen LogP contribution in [0.1, 0.15) is 17.7 Å². The van der Waals surface area contributed by atoms with Gasteiger partial charge in [-0.1, -0.05) is 0 Å². The largest absolute Gasteiger partial charge is 0.573 e. The summed E-state index contributed by atoms with van der Waals surface area (Å²) in [6.45, 7) is 1.78. The number of hydrogen-bond donors (Lipinski definition) is 0. The molecule has 0 unspecified atom stereocenters. The quantitative estimate of drug-likeness (QED) is 0.810. The average Bonchev–Trinajstić information content (AvgIpc) is 2.43. The first kappa shape index (κ1) is 16.1. The normalized spacial score (nSPS) is 11.5. The number of ether oxygens (including phenoxy) is 2. The number of halogens is 3. The Hall–Kier alpha value is -2.31. The smallest absolute Gasteiger partial charge is 0.469 e. The molecule has 0 saturated heterocycles. The molecule has 1 heterocycles. The number of methoxy groups -OCH3 is 1. The molecule has 22 heavy (non-hydrogen) atoms. The number of rotatable bonds is 4. The minimum Gasteiger partial charge on any atom is -0.469 e. The third-order valence-electron chi connectivity index (χ3n) is 3.05. The average molecular weight is 313 g/mol. The van der Waals surface area contributed by atoms with Gasteiger partial charge in [-0.25, -0.2) is 0 Å². The lowest BCUT2D eigenvalue weighted by atomic mass is 10.0. The molecule has 0 aliphatic rings. The summed E-state index contributed by atoms with van der Waals surface area (Å²) in [4.78, 5) is 15.5. The predicted octanol–water partition coefficient (Wildman–Crippen LogP) is 3.55. The maximum Gasteiger partial charge on any atom is 0.573 e. The Morgan fingerprint density at radius 3 is 2.64 bits per heavy atom. The summed E-state index contributed by atoms with van der Waals surface area (Å²) in [5.41, 5.74) is 1.99. The van der Waals surface area contributed by atoms with Crippen molar-refractivity contribution in [3.05, 3.63) is 35.5 Å². The van der Waals surface area contributed by atoms with Crippen LogP contribution in [-0.4, -0.2) is 24.4 Å². The molecule has 0 fully saturated rings. The van der Waals surface area contributed by atoms with Crippen molar-refractivity contribution in [2.75, 3.05) is 7.11 Å². The molecule has 2 rings (SSSR count). The lowest BCUT2D eigenvalue weighted by Gasteiger charge is -2.12. The van der Waals surface area contributed by atoms with Crippen molar-refractivity contribution >= 4 is 16.9 Å². The first-order valence-corrected chi connectivity index (χ1v) is 6.51. The lowest BCUT2D eigenvalue weighted by Crippen LogP contribution is -2.17. The molecule has 0 bridgehead atoms. The second-order valence-corrected chi connectivity index (χ2v) is 4.73. The molecule has 4 nitrogen and oxygen atoms in total. The molecule has 0 atom stereocenters. The van der Waals surface area contributed by atoms with E-state index in [4.69, 9.17) is 0 Å². The maximum atomic E-state index is 12.3. The molecule has 0 aliphatic heterocycles. The maximum absolute atomic E-state index is 12.3. The van der Waals surface area contributed by atoms with E-state index in [1.165, 1.54) is 25.3 Å². The van der Waals surface area contributed by atoms with E-state index >= 15 is 0 Å². The van der Waals surface area contributed by atoms with E-state index in [0.29, 0.717) is 17.3 Å². The fraction of sp³-hybridized carbons (Fsp3) is 0.333. The summed E-state index contributed by atoms with van der Waals surface area (Å²) in [5, 5.41) is 0.524. The van der Waals surface area contributed by atoms with Crippen LogP contribution in [0.25, 0.3) is 10.9 Å². The Labute approximate surface area is 124 Å². The fourth-order valence-electron chi connectivity index (χ4n) is 2.16. The van der Waals surface area contributed by atoms with E-state index in [-0.39, 0.29) is 18.1 Å². The van der Waals surface area contributed by atoms with E-state index in [9.17, 15) is 18.0 Å². The molecule has 0 amide bonds. The number of carbonyl (C=O) groups excluding carboxylic acids is 1. The van der Waals surface area contributed by atoms with Gasteiger partial charge in [-0.3, -0.25) is 9.78 Å². The van der Waals surface area contributed by atoms with Crippen LogP contribution in [0.4, 0.5) is 13.2 Å². The van der Waals surface area contributed by atoms with Gasteiger partial charge in [-0.05, 0) is 43.2 Å². The van der Waals surface area contributed by atoms with Gasteiger partial charge < -0.3 is 9.47 Å². The number of benzene rings is 1. The minimum atomic E-state index is -4.75. The van der Waals surface area contributed by atoms with Crippen LogP contribution in [-0.2, 0) is 16.0 Å². The van der Waals surface area contributed by atoms with Crippen molar-refractivity contribution in [3.63, 3.8) is 0 Å². The van der Waals surface area contributed by atoms with E-state index in [0.717, 1.165) is 11.3 Å². The summed E-state index contributed by atoms with van der Waals surface area (Å²) >= 11 is 0. The van der Waals surface area contributed by atoms with Crippen LogP contribution >= 0.6 is 0 Å². The molecular formula is C15H14F3NO3.